The Kier molecular flexibility index (Phi) is 3.79. The van der Waals surface area contributed by atoms with Crippen LogP contribution in [0.15, 0.2) is 12.3 Å². The maximum Gasteiger partial charge on any atom is 0.354 e. The van der Waals surface area contributed by atoms with Crippen molar-refractivity contribution >= 4 is 11.9 Å². The number of aromatic nitrogens is 2. The van der Waals surface area contributed by atoms with E-state index in [0.717, 1.165) is 18.8 Å². The van der Waals surface area contributed by atoms with Crippen molar-refractivity contribution in [1.29, 1.82) is 0 Å². The zero-order valence-corrected chi connectivity index (χ0v) is 10.8. The number of nitrogens with zero attached hydrogens (tertiary/aromatic N) is 3. The molecule has 1 heterocycles. The van der Waals surface area contributed by atoms with Gasteiger partial charge in [-0.05, 0) is 37.7 Å². The number of rotatable bonds is 3. The average molecular weight is 249 g/mol. The molecule has 0 bridgehead atoms. The van der Waals surface area contributed by atoms with Crippen LogP contribution in [0, 0.1) is 5.92 Å². The second kappa shape index (κ2) is 5.33. The second-order valence-electron chi connectivity index (χ2n) is 5.07. The molecule has 5 nitrogen and oxygen atoms in total. The first-order chi connectivity index (χ1) is 8.58. The number of hydrogen-bond acceptors (Lipinski definition) is 4. The van der Waals surface area contributed by atoms with Gasteiger partial charge in [-0.3, -0.25) is 0 Å². The maximum absolute atomic E-state index is 10.9. The second-order valence-corrected chi connectivity index (χ2v) is 5.07. The van der Waals surface area contributed by atoms with Gasteiger partial charge in [-0.15, -0.1) is 0 Å². The van der Waals surface area contributed by atoms with E-state index >= 15 is 0 Å². The smallest absolute Gasteiger partial charge is 0.354 e. The Labute approximate surface area is 107 Å². The van der Waals surface area contributed by atoms with Crippen LogP contribution in [0.25, 0.3) is 0 Å². The minimum Gasteiger partial charge on any atom is -0.477 e. The summed E-state index contributed by atoms with van der Waals surface area (Å²) in [6, 6.07) is 1.84. The lowest BCUT2D eigenvalue weighted by molar-refractivity contribution is 0.0690. The van der Waals surface area contributed by atoms with Gasteiger partial charge < -0.3 is 10.0 Å². The first-order valence-electron chi connectivity index (χ1n) is 6.37. The van der Waals surface area contributed by atoms with Crippen molar-refractivity contribution in [3.63, 3.8) is 0 Å². The van der Waals surface area contributed by atoms with Gasteiger partial charge in [0.1, 0.15) is 0 Å². The average Bonchev–Trinajstić information content (AvgIpc) is 2.39. The van der Waals surface area contributed by atoms with Crippen molar-refractivity contribution in [2.24, 2.45) is 5.92 Å². The fourth-order valence-electron chi connectivity index (χ4n) is 2.43. The Morgan fingerprint density at radius 1 is 1.39 bits per heavy atom. The summed E-state index contributed by atoms with van der Waals surface area (Å²) in [5.41, 5.74) is 0.0519. The molecular weight excluding hydrogens is 230 g/mol. The summed E-state index contributed by atoms with van der Waals surface area (Å²) in [6.07, 6.45) is 6.19. The van der Waals surface area contributed by atoms with Crippen molar-refractivity contribution in [2.45, 2.75) is 38.6 Å². The van der Waals surface area contributed by atoms with Gasteiger partial charge in [-0.1, -0.05) is 6.92 Å². The summed E-state index contributed by atoms with van der Waals surface area (Å²) >= 11 is 0. The molecule has 1 aliphatic carbocycles. The molecule has 0 spiro atoms. The van der Waals surface area contributed by atoms with E-state index in [0.29, 0.717) is 12.0 Å². The van der Waals surface area contributed by atoms with E-state index in [9.17, 15) is 4.79 Å². The molecule has 5 heteroatoms. The molecule has 1 N–H and O–H groups in total. The highest BCUT2D eigenvalue weighted by Crippen LogP contribution is 2.27. The summed E-state index contributed by atoms with van der Waals surface area (Å²) in [7, 11) is 1.95. The highest BCUT2D eigenvalue weighted by atomic mass is 16.4. The van der Waals surface area contributed by atoms with Crippen LogP contribution in [0.5, 0.6) is 0 Å². The molecule has 1 aromatic heterocycles. The molecule has 18 heavy (non-hydrogen) atoms. The van der Waals surface area contributed by atoms with Gasteiger partial charge in [0.05, 0.1) is 0 Å². The molecule has 0 aliphatic heterocycles. The van der Waals surface area contributed by atoms with Crippen LogP contribution in [0.2, 0.25) is 0 Å². The Morgan fingerprint density at radius 2 is 2.06 bits per heavy atom. The molecule has 0 aromatic carbocycles. The first-order valence-corrected chi connectivity index (χ1v) is 6.37. The molecule has 1 aromatic rings. The summed E-state index contributed by atoms with van der Waals surface area (Å²) in [6.45, 7) is 2.28. The third-order valence-corrected chi connectivity index (χ3v) is 3.71. The number of aromatic carboxylic acids is 1. The van der Waals surface area contributed by atoms with Gasteiger partial charge >= 0.3 is 5.97 Å². The van der Waals surface area contributed by atoms with E-state index in [2.05, 4.69) is 16.9 Å². The minimum absolute atomic E-state index is 0.0519. The molecule has 0 amide bonds. The summed E-state index contributed by atoms with van der Waals surface area (Å²) in [5, 5.41) is 8.93. The van der Waals surface area contributed by atoms with E-state index in [-0.39, 0.29) is 5.69 Å². The molecule has 2 rings (SSSR count). The Hall–Kier alpha value is -1.65. The normalized spacial score (nSPS) is 23.7. The van der Waals surface area contributed by atoms with Gasteiger partial charge in [0.15, 0.2) is 5.69 Å². The third-order valence-electron chi connectivity index (χ3n) is 3.71. The number of anilines is 1. The van der Waals surface area contributed by atoms with Crippen molar-refractivity contribution in [1.82, 2.24) is 9.97 Å². The molecular formula is C13H19N3O2. The standard InChI is InChI=1S/C13H19N3O2/c1-9-3-5-10(6-4-9)16(2)13-14-8-7-11(15-13)12(17)18/h7-10H,3-6H2,1-2H3,(H,17,18). The van der Waals surface area contributed by atoms with Crippen molar-refractivity contribution in [3.8, 4) is 0 Å². The predicted octanol–water partition coefficient (Wildman–Crippen LogP) is 2.19. The van der Waals surface area contributed by atoms with Crippen LogP contribution in [0.4, 0.5) is 5.95 Å². The molecule has 1 saturated carbocycles. The Balaban J connectivity index is 2.10. The van der Waals surface area contributed by atoms with Gasteiger partial charge in [0.2, 0.25) is 5.95 Å². The fraction of sp³-hybridized carbons (Fsp3) is 0.615. The number of carboxylic acids is 1. The first kappa shape index (κ1) is 12.8. The SMILES string of the molecule is CC1CCC(N(C)c2nccc(C(=O)O)n2)CC1. The number of carboxylic acid groups (broad SMARTS) is 1. The Bertz CT molecular complexity index is 428. The minimum atomic E-state index is -1.01. The summed E-state index contributed by atoms with van der Waals surface area (Å²) in [4.78, 5) is 21.1. The number of hydrogen-bond donors (Lipinski definition) is 1. The molecule has 1 fully saturated rings. The molecule has 0 unspecified atom stereocenters. The molecule has 98 valence electrons. The topological polar surface area (TPSA) is 66.3 Å². The molecule has 1 aliphatic rings. The lowest BCUT2D eigenvalue weighted by Crippen LogP contribution is -2.36. The quantitative estimate of drug-likeness (QED) is 0.889. The van der Waals surface area contributed by atoms with E-state index in [4.69, 9.17) is 5.11 Å². The van der Waals surface area contributed by atoms with Crippen molar-refractivity contribution in [3.05, 3.63) is 18.0 Å². The van der Waals surface area contributed by atoms with E-state index in [1.54, 1.807) is 0 Å². The van der Waals surface area contributed by atoms with Crippen LogP contribution in [-0.2, 0) is 0 Å². The van der Waals surface area contributed by atoms with E-state index < -0.39 is 5.97 Å². The van der Waals surface area contributed by atoms with Gasteiger partial charge in [-0.2, -0.15) is 0 Å². The summed E-state index contributed by atoms with van der Waals surface area (Å²) < 4.78 is 0. The van der Waals surface area contributed by atoms with Gasteiger partial charge in [0, 0.05) is 19.3 Å². The van der Waals surface area contributed by atoms with Gasteiger partial charge in [0.25, 0.3) is 0 Å². The van der Waals surface area contributed by atoms with E-state index in [1.807, 2.05) is 11.9 Å². The van der Waals surface area contributed by atoms with Crippen LogP contribution < -0.4 is 4.90 Å². The highest BCUT2D eigenvalue weighted by molar-refractivity contribution is 5.85. The zero-order valence-electron chi connectivity index (χ0n) is 10.8. The number of carbonyl (C=O) groups is 1. The monoisotopic (exact) mass is 249 g/mol. The third kappa shape index (κ3) is 2.78. The molecule has 0 radical (unpaired) electrons. The lowest BCUT2D eigenvalue weighted by atomic mass is 9.87. The zero-order chi connectivity index (χ0) is 13.1. The fourth-order valence-corrected chi connectivity index (χ4v) is 2.43. The molecule has 0 atom stereocenters. The lowest BCUT2D eigenvalue weighted by Gasteiger charge is -2.33. The largest absolute Gasteiger partial charge is 0.477 e. The van der Waals surface area contributed by atoms with Crippen LogP contribution in [0.3, 0.4) is 0 Å². The highest BCUT2D eigenvalue weighted by Gasteiger charge is 2.23. The van der Waals surface area contributed by atoms with Crippen LogP contribution in [0.1, 0.15) is 43.1 Å². The summed E-state index contributed by atoms with van der Waals surface area (Å²) in [5.74, 6) is 0.291. The maximum atomic E-state index is 10.9. The van der Waals surface area contributed by atoms with E-state index in [1.165, 1.54) is 25.1 Å². The van der Waals surface area contributed by atoms with Crippen LogP contribution >= 0.6 is 0 Å². The van der Waals surface area contributed by atoms with Crippen molar-refractivity contribution < 1.29 is 9.90 Å². The van der Waals surface area contributed by atoms with Crippen LogP contribution in [-0.4, -0.2) is 34.1 Å². The predicted molar refractivity (Wildman–Crippen MR) is 68.8 cm³/mol. The Morgan fingerprint density at radius 3 is 2.67 bits per heavy atom. The van der Waals surface area contributed by atoms with Gasteiger partial charge in [-0.25, -0.2) is 14.8 Å². The van der Waals surface area contributed by atoms with Crippen molar-refractivity contribution in [2.75, 3.05) is 11.9 Å². The molecule has 0 saturated heterocycles.